The number of carbonyl (C=O) groups is 2. The van der Waals surface area contributed by atoms with Gasteiger partial charge in [-0.1, -0.05) is 11.6 Å². The number of nitrogens with zero attached hydrogens (tertiary/aromatic N) is 5. The number of halogens is 1. The second-order valence-electron chi connectivity index (χ2n) is 7.73. The van der Waals surface area contributed by atoms with Gasteiger partial charge in [-0.3, -0.25) is 14.6 Å². The van der Waals surface area contributed by atoms with E-state index in [0.29, 0.717) is 30.2 Å². The molecule has 5 heterocycles. The quantitative estimate of drug-likeness (QED) is 0.652. The summed E-state index contributed by atoms with van der Waals surface area (Å²) in [4.78, 5) is 46.1. The van der Waals surface area contributed by atoms with Crippen molar-refractivity contribution in [1.82, 2.24) is 29.7 Å². The average molecular weight is 425 g/mol. The highest BCUT2D eigenvalue weighted by Gasteiger charge is 2.41. The summed E-state index contributed by atoms with van der Waals surface area (Å²) in [5.41, 5.74) is 2.15. The van der Waals surface area contributed by atoms with Crippen molar-refractivity contribution in [2.24, 2.45) is 0 Å². The van der Waals surface area contributed by atoms with Gasteiger partial charge in [0.15, 0.2) is 0 Å². The molecular weight excluding hydrogens is 404 g/mol. The number of imidazole rings is 1. The van der Waals surface area contributed by atoms with E-state index in [4.69, 9.17) is 11.6 Å². The molecule has 2 fully saturated rings. The topological polar surface area (TPSA) is 95.1 Å². The van der Waals surface area contributed by atoms with E-state index < -0.39 is 6.04 Å². The van der Waals surface area contributed by atoms with Crippen LogP contribution in [0.2, 0.25) is 5.15 Å². The molecule has 2 unspecified atom stereocenters. The lowest BCUT2D eigenvalue weighted by atomic mass is 10.1. The fourth-order valence-corrected chi connectivity index (χ4v) is 4.59. The summed E-state index contributed by atoms with van der Waals surface area (Å²) in [5.74, 6) is 0.589. The molecular formula is C21H21ClN6O2. The minimum absolute atomic E-state index is 0.0103. The Balaban J connectivity index is 1.38. The van der Waals surface area contributed by atoms with Crippen LogP contribution in [0.15, 0.2) is 36.8 Å². The number of likely N-dealkylation sites (tertiary alicyclic amines) is 2. The molecule has 2 saturated heterocycles. The molecule has 0 saturated carbocycles. The number of aromatic amines is 1. The van der Waals surface area contributed by atoms with Crippen LogP contribution in [0.4, 0.5) is 0 Å². The van der Waals surface area contributed by atoms with Crippen LogP contribution in [0, 0.1) is 0 Å². The normalized spacial score (nSPS) is 21.5. The Labute approximate surface area is 178 Å². The smallest absolute Gasteiger partial charge is 0.256 e. The van der Waals surface area contributed by atoms with E-state index in [0.717, 1.165) is 36.1 Å². The number of fused-ring (bicyclic) bond motifs is 1. The molecule has 9 heteroatoms. The zero-order valence-electron chi connectivity index (χ0n) is 16.3. The van der Waals surface area contributed by atoms with Crippen molar-refractivity contribution in [3.05, 3.63) is 53.3 Å². The standard InChI is InChI=1S/C21H21ClN6O2/c22-18-6-5-13(11-24-18)20(29)28-10-2-4-17(28)21(30)27-9-1-3-16(27)19-25-14-7-8-23-12-15(14)26-19/h5-8,11-12,16-17H,1-4,9-10H2,(H,25,26). The van der Waals surface area contributed by atoms with Crippen LogP contribution in [0.1, 0.15) is 47.9 Å². The highest BCUT2D eigenvalue weighted by Crippen LogP contribution is 2.34. The van der Waals surface area contributed by atoms with Gasteiger partial charge < -0.3 is 14.8 Å². The highest BCUT2D eigenvalue weighted by atomic mass is 35.5. The zero-order chi connectivity index (χ0) is 20.7. The van der Waals surface area contributed by atoms with Gasteiger partial charge in [0.25, 0.3) is 5.91 Å². The highest BCUT2D eigenvalue weighted by molar-refractivity contribution is 6.29. The Hall–Kier alpha value is -3.00. The molecule has 1 N–H and O–H groups in total. The number of carbonyl (C=O) groups excluding carboxylic acids is 2. The van der Waals surface area contributed by atoms with E-state index in [1.807, 2.05) is 11.0 Å². The van der Waals surface area contributed by atoms with Gasteiger partial charge in [0.1, 0.15) is 17.0 Å². The van der Waals surface area contributed by atoms with Crippen molar-refractivity contribution in [3.8, 4) is 0 Å². The summed E-state index contributed by atoms with van der Waals surface area (Å²) in [6.45, 7) is 1.23. The number of amides is 2. The van der Waals surface area contributed by atoms with Crippen LogP contribution in [0.3, 0.4) is 0 Å². The average Bonchev–Trinajstić information content (AvgIpc) is 3.51. The first kappa shape index (κ1) is 19.0. The molecule has 5 rings (SSSR count). The molecule has 8 nitrogen and oxygen atoms in total. The van der Waals surface area contributed by atoms with Gasteiger partial charge >= 0.3 is 0 Å². The number of H-pyrrole nitrogens is 1. The lowest BCUT2D eigenvalue weighted by molar-refractivity contribution is -0.136. The molecule has 0 bridgehead atoms. The van der Waals surface area contributed by atoms with E-state index >= 15 is 0 Å². The molecule has 2 aliphatic rings. The van der Waals surface area contributed by atoms with Gasteiger partial charge in [0.2, 0.25) is 5.91 Å². The monoisotopic (exact) mass is 424 g/mol. The predicted molar refractivity (Wildman–Crippen MR) is 111 cm³/mol. The summed E-state index contributed by atoms with van der Waals surface area (Å²) in [6.07, 6.45) is 8.14. The van der Waals surface area contributed by atoms with Crippen LogP contribution in [0.25, 0.3) is 11.0 Å². The number of pyridine rings is 2. The first-order valence-corrected chi connectivity index (χ1v) is 10.5. The Kier molecular flexibility index (Phi) is 4.86. The number of hydrogen-bond donors (Lipinski definition) is 1. The summed E-state index contributed by atoms with van der Waals surface area (Å²) < 4.78 is 0. The van der Waals surface area contributed by atoms with Crippen LogP contribution >= 0.6 is 11.6 Å². The third kappa shape index (κ3) is 3.31. The van der Waals surface area contributed by atoms with Crippen molar-refractivity contribution in [2.45, 2.75) is 37.8 Å². The second-order valence-corrected chi connectivity index (χ2v) is 8.12. The lowest BCUT2D eigenvalue weighted by Crippen LogP contribution is -2.47. The molecule has 154 valence electrons. The first-order chi connectivity index (χ1) is 14.6. The minimum atomic E-state index is -0.458. The molecule has 2 amide bonds. The molecule has 2 atom stereocenters. The minimum Gasteiger partial charge on any atom is -0.339 e. The summed E-state index contributed by atoms with van der Waals surface area (Å²) in [6, 6.07) is 4.53. The lowest BCUT2D eigenvalue weighted by Gasteiger charge is -2.30. The maximum absolute atomic E-state index is 13.5. The van der Waals surface area contributed by atoms with Gasteiger partial charge in [-0.2, -0.15) is 0 Å². The van der Waals surface area contributed by atoms with E-state index in [1.54, 1.807) is 29.4 Å². The zero-order valence-corrected chi connectivity index (χ0v) is 17.0. The van der Waals surface area contributed by atoms with Crippen molar-refractivity contribution < 1.29 is 9.59 Å². The SMILES string of the molecule is O=C(c1ccc(Cl)nc1)N1CCCC1C(=O)N1CCCC1c1nc2ccncc2[nH]1. The van der Waals surface area contributed by atoms with Crippen LogP contribution in [0.5, 0.6) is 0 Å². The van der Waals surface area contributed by atoms with E-state index in [9.17, 15) is 9.59 Å². The molecule has 0 radical (unpaired) electrons. The maximum Gasteiger partial charge on any atom is 0.256 e. The van der Waals surface area contributed by atoms with Gasteiger partial charge in [-0.25, -0.2) is 9.97 Å². The molecule has 3 aromatic heterocycles. The second kappa shape index (κ2) is 7.68. The van der Waals surface area contributed by atoms with E-state index in [2.05, 4.69) is 19.9 Å². The van der Waals surface area contributed by atoms with Crippen LogP contribution in [-0.4, -0.2) is 60.7 Å². The summed E-state index contributed by atoms with van der Waals surface area (Å²) in [7, 11) is 0. The summed E-state index contributed by atoms with van der Waals surface area (Å²) in [5, 5.41) is 0.335. The number of rotatable bonds is 3. The number of aromatic nitrogens is 4. The van der Waals surface area contributed by atoms with Crippen molar-refractivity contribution in [1.29, 1.82) is 0 Å². The maximum atomic E-state index is 13.5. The van der Waals surface area contributed by atoms with Crippen molar-refractivity contribution >= 4 is 34.4 Å². The fraction of sp³-hybridized carbons (Fsp3) is 0.381. The largest absolute Gasteiger partial charge is 0.339 e. The third-order valence-corrected chi connectivity index (χ3v) is 6.15. The predicted octanol–water partition coefficient (Wildman–Crippen LogP) is 2.97. The van der Waals surface area contributed by atoms with Gasteiger partial charge in [0.05, 0.1) is 28.8 Å². The first-order valence-electron chi connectivity index (χ1n) is 10.1. The molecule has 0 aromatic carbocycles. The Bertz CT molecular complexity index is 1070. The Morgan fingerprint density at radius 3 is 2.70 bits per heavy atom. The number of hydrogen-bond acceptors (Lipinski definition) is 5. The molecule has 30 heavy (non-hydrogen) atoms. The third-order valence-electron chi connectivity index (χ3n) is 5.93. The van der Waals surface area contributed by atoms with Crippen LogP contribution in [-0.2, 0) is 4.79 Å². The van der Waals surface area contributed by atoms with Gasteiger partial charge in [-0.15, -0.1) is 0 Å². The van der Waals surface area contributed by atoms with Gasteiger partial charge in [-0.05, 0) is 43.9 Å². The number of nitrogens with one attached hydrogen (secondary N) is 1. The van der Waals surface area contributed by atoms with Gasteiger partial charge in [0, 0.05) is 25.5 Å². The molecule has 0 spiro atoms. The van der Waals surface area contributed by atoms with Crippen molar-refractivity contribution in [2.75, 3.05) is 13.1 Å². The molecule has 0 aliphatic carbocycles. The molecule has 2 aliphatic heterocycles. The van der Waals surface area contributed by atoms with Crippen LogP contribution < -0.4 is 0 Å². The van der Waals surface area contributed by atoms with Crippen molar-refractivity contribution in [3.63, 3.8) is 0 Å². The Morgan fingerprint density at radius 2 is 1.90 bits per heavy atom. The molecule has 3 aromatic rings. The van der Waals surface area contributed by atoms with E-state index in [-0.39, 0.29) is 17.9 Å². The fourth-order valence-electron chi connectivity index (χ4n) is 4.48. The Morgan fingerprint density at radius 1 is 1.07 bits per heavy atom. The summed E-state index contributed by atoms with van der Waals surface area (Å²) >= 11 is 5.84. The van der Waals surface area contributed by atoms with E-state index in [1.165, 1.54) is 6.20 Å².